The van der Waals surface area contributed by atoms with Gasteiger partial charge in [0.05, 0.1) is 41.3 Å². The molecule has 0 saturated carbocycles. The number of hydrogen-bond donors (Lipinski definition) is 1. The molecule has 0 bridgehead atoms. The largest absolute Gasteiger partial charge is 0.508 e. The maximum absolute atomic E-state index is 13.0. The molecule has 1 N–H and O–H groups in total. The lowest BCUT2D eigenvalue weighted by molar-refractivity contribution is -0.00799. The Morgan fingerprint density at radius 3 is 2.44 bits per heavy atom. The Labute approximate surface area is 213 Å². The van der Waals surface area contributed by atoms with Gasteiger partial charge in [-0.3, -0.25) is 0 Å². The Kier molecular flexibility index (Phi) is 7.52. The van der Waals surface area contributed by atoms with Crippen LogP contribution < -0.4 is 4.74 Å². The van der Waals surface area contributed by atoms with Crippen molar-refractivity contribution in [3.63, 3.8) is 0 Å². The predicted molar refractivity (Wildman–Crippen MR) is 138 cm³/mol. The minimum atomic E-state index is -3.85. The maximum atomic E-state index is 13.0. The molecule has 0 fully saturated rings. The van der Waals surface area contributed by atoms with Gasteiger partial charge in [0.1, 0.15) is 17.6 Å². The highest BCUT2D eigenvalue weighted by atomic mass is 35.5. The minimum absolute atomic E-state index is 0.0856. The van der Waals surface area contributed by atoms with Gasteiger partial charge in [-0.05, 0) is 35.9 Å². The number of halogens is 1. The Bertz CT molecular complexity index is 1560. The number of methoxy groups -OCH3 is 1. The fraction of sp³-hybridized carbons (Fsp3) is 0.192. The van der Waals surface area contributed by atoms with Crippen molar-refractivity contribution >= 4 is 32.5 Å². The van der Waals surface area contributed by atoms with Crippen molar-refractivity contribution < 1.29 is 27.7 Å². The molecule has 0 aliphatic rings. The fourth-order valence-electron chi connectivity index (χ4n) is 3.93. The molecule has 0 atom stereocenters. The number of nitrogens with zero attached hydrogens (tertiary/aromatic N) is 2. The topological polar surface area (TPSA) is 111 Å². The number of aromatic hydroxyl groups is 1. The average molecular weight is 527 g/mol. The van der Waals surface area contributed by atoms with Crippen molar-refractivity contribution in [3.8, 4) is 40.0 Å². The summed E-state index contributed by atoms with van der Waals surface area (Å²) in [4.78, 5) is 0. The second kappa shape index (κ2) is 10.6. The maximum Gasteiger partial charge on any atom is 0.236 e. The first-order valence-electron chi connectivity index (χ1n) is 10.8. The molecule has 0 amide bonds. The molecule has 0 saturated heterocycles. The number of benzene rings is 3. The molecule has 10 heteroatoms. The van der Waals surface area contributed by atoms with E-state index in [9.17, 15) is 18.8 Å². The summed E-state index contributed by atoms with van der Waals surface area (Å²) in [5, 5.41) is 20.7. The third kappa shape index (κ3) is 5.17. The van der Waals surface area contributed by atoms with Crippen molar-refractivity contribution in [1.82, 2.24) is 3.97 Å². The van der Waals surface area contributed by atoms with Crippen LogP contribution >= 0.6 is 11.6 Å². The fourth-order valence-corrected chi connectivity index (χ4v) is 5.15. The van der Waals surface area contributed by atoms with Gasteiger partial charge in [-0.15, -0.1) is 0 Å². The number of nitriles is 1. The second-order valence-corrected chi connectivity index (χ2v) is 10.2. The van der Waals surface area contributed by atoms with E-state index in [-0.39, 0.29) is 28.8 Å². The number of phenols is 1. The van der Waals surface area contributed by atoms with Crippen LogP contribution in [0.3, 0.4) is 0 Å². The number of rotatable bonds is 9. The van der Waals surface area contributed by atoms with Gasteiger partial charge in [0.2, 0.25) is 10.0 Å². The summed E-state index contributed by atoms with van der Waals surface area (Å²) in [6.45, 7) is 0.537. The summed E-state index contributed by atoms with van der Waals surface area (Å²) in [6.07, 6.45) is 1.07. The monoisotopic (exact) mass is 526 g/mol. The van der Waals surface area contributed by atoms with E-state index in [2.05, 4.69) is 0 Å². The number of fused-ring (bicyclic) bond motifs is 1. The number of phenolic OH excluding ortho intramolecular Hbond substituents is 1. The van der Waals surface area contributed by atoms with Gasteiger partial charge in [-0.25, -0.2) is 12.4 Å². The van der Waals surface area contributed by atoms with Gasteiger partial charge in [0, 0.05) is 23.6 Å². The molecule has 0 unspecified atom stereocenters. The van der Waals surface area contributed by atoms with E-state index < -0.39 is 10.0 Å². The molecule has 0 radical (unpaired) electrons. The smallest absolute Gasteiger partial charge is 0.236 e. The third-order valence-electron chi connectivity index (χ3n) is 5.45. The van der Waals surface area contributed by atoms with Crippen molar-refractivity contribution in [1.29, 1.82) is 5.26 Å². The van der Waals surface area contributed by atoms with Crippen LogP contribution in [0.5, 0.6) is 11.5 Å². The summed E-state index contributed by atoms with van der Waals surface area (Å²) in [5.74, 6) is 0.230. The molecular weight excluding hydrogens is 504 g/mol. The van der Waals surface area contributed by atoms with Crippen LogP contribution in [0.1, 0.15) is 5.56 Å². The molecular formula is C26H23ClN2O6S. The van der Waals surface area contributed by atoms with Gasteiger partial charge < -0.3 is 19.3 Å². The highest BCUT2D eigenvalue weighted by Crippen LogP contribution is 2.44. The first-order chi connectivity index (χ1) is 17.2. The Hall–Kier alpha value is -3.55. The van der Waals surface area contributed by atoms with Crippen molar-refractivity contribution in [2.24, 2.45) is 0 Å². The average Bonchev–Trinajstić information content (AvgIpc) is 3.22. The van der Waals surface area contributed by atoms with Crippen LogP contribution in [-0.2, 0) is 19.5 Å². The third-order valence-corrected chi connectivity index (χ3v) is 6.82. The SMILES string of the molecule is COCCOCOc1c(-c2ccccc2)cc(O)cc1-c1cc2cc(C#N)c(Cl)cc2n1S(C)(=O)=O. The lowest BCUT2D eigenvalue weighted by Gasteiger charge is -2.18. The Morgan fingerprint density at radius 1 is 1.06 bits per heavy atom. The zero-order chi connectivity index (χ0) is 25.9. The van der Waals surface area contributed by atoms with E-state index in [4.69, 9.17) is 25.8 Å². The van der Waals surface area contributed by atoms with Crippen molar-refractivity contribution in [2.45, 2.75) is 0 Å². The van der Waals surface area contributed by atoms with Crippen LogP contribution in [0.25, 0.3) is 33.3 Å². The van der Waals surface area contributed by atoms with Crippen LogP contribution in [0.4, 0.5) is 0 Å². The molecule has 4 rings (SSSR count). The summed E-state index contributed by atoms with van der Waals surface area (Å²) in [5.41, 5.74) is 2.35. The molecule has 4 aromatic rings. The summed E-state index contributed by atoms with van der Waals surface area (Å²) >= 11 is 6.23. The van der Waals surface area contributed by atoms with E-state index in [0.717, 1.165) is 15.8 Å². The molecule has 1 aromatic heterocycles. The Balaban J connectivity index is 2.00. The zero-order valence-electron chi connectivity index (χ0n) is 19.6. The molecule has 3 aromatic carbocycles. The number of aromatic nitrogens is 1. The van der Waals surface area contributed by atoms with Crippen molar-refractivity contribution in [2.75, 3.05) is 33.4 Å². The lowest BCUT2D eigenvalue weighted by atomic mass is 9.99. The van der Waals surface area contributed by atoms with Gasteiger partial charge in [0.25, 0.3) is 0 Å². The molecule has 0 spiro atoms. The quantitative estimate of drug-likeness (QED) is 0.241. The minimum Gasteiger partial charge on any atom is -0.508 e. The molecule has 0 aliphatic heterocycles. The van der Waals surface area contributed by atoms with E-state index in [1.165, 1.54) is 18.2 Å². The standard InChI is InChI=1S/C26H23ClN2O6S/c1-33-8-9-34-16-35-26-21(17-6-4-3-5-7-17)12-20(30)13-22(26)25-11-18-10-19(15-28)23(27)14-24(18)29(25)36(2,31)32/h3-7,10-14,30H,8-9,16H2,1-2H3. The first kappa shape index (κ1) is 25.5. The molecule has 8 nitrogen and oxygen atoms in total. The summed E-state index contributed by atoms with van der Waals surface area (Å²) in [7, 11) is -2.29. The summed E-state index contributed by atoms with van der Waals surface area (Å²) in [6, 6.07) is 18.8. The van der Waals surface area contributed by atoms with Crippen LogP contribution in [0, 0.1) is 11.3 Å². The number of hydrogen-bond acceptors (Lipinski definition) is 7. The normalized spacial score (nSPS) is 11.5. The van der Waals surface area contributed by atoms with Crippen LogP contribution in [0.15, 0.2) is 60.7 Å². The van der Waals surface area contributed by atoms with Gasteiger partial charge >= 0.3 is 0 Å². The van der Waals surface area contributed by atoms with Gasteiger partial charge in [-0.2, -0.15) is 5.26 Å². The van der Waals surface area contributed by atoms with E-state index >= 15 is 0 Å². The summed E-state index contributed by atoms with van der Waals surface area (Å²) < 4.78 is 43.6. The predicted octanol–water partition coefficient (Wildman–Crippen LogP) is 5.01. The Morgan fingerprint density at radius 2 is 1.78 bits per heavy atom. The zero-order valence-corrected chi connectivity index (χ0v) is 21.1. The highest BCUT2D eigenvalue weighted by molar-refractivity contribution is 7.89. The molecule has 1 heterocycles. The first-order valence-corrected chi connectivity index (χ1v) is 13.0. The van der Waals surface area contributed by atoms with Gasteiger partial charge in [0.15, 0.2) is 6.79 Å². The van der Waals surface area contributed by atoms with Gasteiger partial charge in [-0.1, -0.05) is 41.9 Å². The highest BCUT2D eigenvalue weighted by Gasteiger charge is 2.24. The van der Waals surface area contributed by atoms with Crippen LogP contribution in [-0.4, -0.2) is 50.9 Å². The van der Waals surface area contributed by atoms with E-state index in [0.29, 0.717) is 41.0 Å². The molecule has 36 heavy (non-hydrogen) atoms. The second-order valence-electron chi connectivity index (χ2n) is 7.96. The van der Waals surface area contributed by atoms with Crippen LogP contribution in [0.2, 0.25) is 5.02 Å². The van der Waals surface area contributed by atoms with E-state index in [1.807, 2.05) is 36.4 Å². The van der Waals surface area contributed by atoms with Crippen molar-refractivity contribution in [3.05, 3.63) is 71.2 Å². The molecule has 0 aliphatic carbocycles. The van der Waals surface area contributed by atoms with E-state index in [1.54, 1.807) is 19.2 Å². The molecule has 186 valence electrons. The lowest BCUT2D eigenvalue weighted by Crippen LogP contribution is -2.12. The number of ether oxygens (including phenoxy) is 3.